The van der Waals surface area contributed by atoms with Crippen molar-refractivity contribution in [2.75, 3.05) is 0 Å². The van der Waals surface area contributed by atoms with E-state index >= 15 is 0 Å². The summed E-state index contributed by atoms with van der Waals surface area (Å²) in [5, 5.41) is -31.4. The molecule has 1 N–H and O–H groups in total. The first kappa shape index (κ1) is 31.3. The van der Waals surface area contributed by atoms with Crippen molar-refractivity contribution in [3.63, 3.8) is 0 Å². The molecule has 0 bridgehead atoms. The first-order valence-corrected chi connectivity index (χ1v) is 14.4. The Labute approximate surface area is 198 Å². The molecule has 1 aromatic rings. The van der Waals surface area contributed by atoms with E-state index in [9.17, 15) is 68.8 Å². The third-order valence-corrected chi connectivity index (χ3v) is 11.0. The minimum absolute atomic E-state index is 0.00790. The van der Waals surface area contributed by atoms with Crippen molar-refractivity contribution in [3.05, 3.63) is 22.2 Å². The van der Waals surface area contributed by atoms with E-state index in [0.717, 1.165) is 0 Å². The summed E-state index contributed by atoms with van der Waals surface area (Å²) in [4.78, 5) is -6.02. The molecule has 0 heterocycles. The largest absolute Gasteiger partial charge is 0.447 e. The normalized spacial score (nSPS) is 15.4. The van der Waals surface area contributed by atoms with Crippen molar-refractivity contribution in [1.82, 2.24) is 0 Å². The number of halogens is 11. The van der Waals surface area contributed by atoms with Gasteiger partial charge in [0.05, 0.1) is 14.9 Å². The molecule has 0 saturated heterocycles. The zero-order valence-electron chi connectivity index (χ0n) is 14.7. The van der Waals surface area contributed by atoms with Gasteiger partial charge in [-0.3, -0.25) is 4.55 Å². The highest BCUT2D eigenvalue weighted by molar-refractivity contribution is 8.15. The van der Waals surface area contributed by atoms with Crippen molar-refractivity contribution in [2.24, 2.45) is 0 Å². The monoisotopic (exact) mass is 652 g/mol. The Kier molecular flexibility index (Phi) is 7.75. The minimum atomic E-state index is -7.62. The van der Waals surface area contributed by atoms with Crippen molar-refractivity contribution in [1.29, 1.82) is 0 Å². The first-order valence-electron chi connectivity index (χ1n) is 6.95. The molecular weight excluding hydrogens is 651 g/mol. The fraction of sp³-hybridized carbons (Fsp3) is 0.400. The second-order valence-electron chi connectivity index (χ2n) is 5.68. The summed E-state index contributed by atoms with van der Waals surface area (Å²) in [5.41, 5.74) is 0. The van der Waals surface area contributed by atoms with Gasteiger partial charge in [-0.15, -0.1) is 0 Å². The highest BCUT2D eigenvalue weighted by Gasteiger charge is 2.76. The van der Waals surface area contributed by atoms with Crippen LogP contribution in [0, 0.1) is 0 Å². The molecular formula is C10H3Cl3F8O9S4. The molecule has 0 aliphatic carbocycles. The molecule has 0 unspecified atom stereocenters. The fourth-order valence-electron chi connectivity index (χ4n) is 1.85. The lowest BCUT2D eigenvalue weighted by Crippen LogP contribution is -2.53. The van der Waals surface area contributed by atoms with E-state index in [4.69, 9.17) is 27.8 Å². The Morgan fingerprint density at radius 3 is 1.38 bits per heavy atom. The van der Waals surface area contributed by atoms with Gasteiger partial charge in [-0.1, -0.05) is 23.2 Å². The molecule has 0 fully saturated rings. The summed E-state index contributed by atoms with van der Waals surface area (Å²) in [6.07, 6.45) is 0. The molecule has 0 spiro atoms. The molecule has 0 aromatic heterocycles. The van der Waals surface area contributed by atoms with E-state index in [1.807, 2.05) is 0 Å². The van der Waals surface area contributed by atoms with Gasteiger partial charge >= 0.3 is 40.2 Å². The van der Waals surface area contributed by atoms with Crippen molar-refractivity contribution >= 4 is 72.7 Å². The molecule has 0 radical (unpaired) electrons. The smallest absolute Gasteiger partial charge is 0.281 e. The number of hydrogen-bond donors (Lipinski definition) is 1. The van der Waals surface area contributed by atoms with Gasteiger partial charge in [-0.05, 0) is 12.1 Å². The molecule has 9 nitrogen and oxygen atoms in total. The van der Waals surface area contributed by atoms with Crippen LogP contribution in [0.1, 0.15) is 0 Å². The van der Waals surface area contributed by atoms with Crippen LogP contribution in [0.25, 0.3) is 0 Å². The first-order chi connectivity index (χ1) is 14.5. The van der Waals surface area contributed by atoms with Gasteiger partial charge in [0, 0.05) is 10.7 Å². The molecule has 0 saturated carbocycles. The van der Waals surface area contributed by atoms with E-state index in [1.54, 1.807) is 0 Å². The van der Waals surface area contributed by atoms with E-state index < -0.39 is 85.8 Å². The maximum absolute atomic E-state index is 14.2. The molecule has 198 valence electrons. The van der Waals surface area contributed by atoms with Gasteiger partial charge in [-0.2, -0.15) is 43.5 Å². The van der Waals surface area contributed by atoms with E-state index in [-0.39, 0.29) is 6.07 Å². The topological polar surface area (TPSA) is 157 Å². The molecule has 0 aliphatic rings. The fourth-order valence-corrected chi connectivity index (χ4v) is 7.99. The van der Waals surface area contributed by atoms with Crippen molar-refractivity contribution < 1.29 is 73.3 Å². The van der Waals surface area contributed by atoms with Crippen molar-refractivity contribution in [2.45, 2.75) is 30.8 Å². The molecule has 1 aromatic carbocycles. The van der Waals surface area contributed by atoms with Crippen LogP contribution in [-0.2, 0) is 38.8 Å². The average Bonchev–Trinajstić information content (AvgIpc) is 2.60. The maximum atomic E-state index is 14.2. The zero-order chi connectivity index (χ0) is 27.7. The Balaban J connectivity index is 4.28. The van der Waals surface area contributed by atoms with Crippen LogP contribution >= 0.6 is 33.9 Å². The zero-order valence-corrected chi connectivity index (χ0v) is 20.2. The second kappa shape index (κ2) is 8.42. The molecule has 1 rings (SSSR count). The Hall–Kier alpha value is -0.710. The van der Waals surface area contributed by atoms with E-state index in [2.05, 4.69) is 10.7 Å². The predicted molar refractivity (Wildman–Crippen MR) is 96.9 cm³/mol. The van der Waals surface area contributed by atoms with Crippen LogP contribution in [0.2, 0.25) is 10.0 Å². The standard InChI is InChI=1S/C10H3Cl3F8O9S4/c11-3-1-2-4(31(22,23)8(16,17)10(20,21)34(28,29)30)6(5(3)12)32(24,25)7(14,15)9(18,19)33(13,26)27/h1-2H,(H,28,29,30). The predicted octanol–water partition coefficient (Wildman–Crippen LogP) is 3.37. The highest BCUT2D eigenvalue weighted by atomic mass is 35.7. The lowest BCUT2D eigenvalue weighted by molar-refractivity contribution is -0.101. The van der Waals surface area contributed by atoms with Gasteiger partial charge in [0.2, 0.25) is 0 Å². The van der Waals surface area contributed by atoms with Crippen molar-refractivity contribution in [3.8, 4) is 0 Å². The van der Waals surface area contributed by atoms with Gasteiger partial charge in [0.1, 0.15) is 4.90 Å². The number of sulfone groups is 2. The summed E-state index contributed by atoms with van der Waals surface area (Å²) in [5.74, 6) is 0. The Morgan fingerprint density at radius 2 is 1.03 bits per heavy atom. The molecule has 0 amide bonds. The summed E-state index contributed by atoms with van der Waals surface area (Å²) in [6, 6.07) is -0.570. The van der Waals surface area contributed by atoms with Crippen LogP contribution in [0.5, 0.6) is 0 Å². The van der Waals surface area contributed by atoms with Gasteiger partial charge < -0.3 is 0 Å². The third kappa shape index (κ3) is 4.24. The SMILES string of the molecule is O=S(=O)(O)C(F)(F)C(F)(F)S(=O)(=O)c1ccc(Cl)c(Cl)c1S(=O)(=O)C(F)(F)C(F)(F)S(=O)(=O)Cl. The Bertz CT molecular complexity index is 1460. The lowest BCUT2D eigenvalue weighted by Gasteiger charge is -2.27. The van der Waals surface area contributed by atoms with E-state index in [1.165, 1.54) is 0 Å². The lowest BCUT2D eigenvalue weighted by atomic mass is 10.3. The average molecular weight is 654 g/mol. The van der Waals surface area contributed by atoms with Crippen LogP contribution in [0.3, 0.4) is 0 Å². The van der Waals surface area contributed by atoms with Crippen LogP contribution in [0.4, 0.5) is 35.1 Å². The number of hydrogen-bond acceptors (Lipinski definition) is 8. The summed E-state index contributed by atoms with van der Waals surface area (Å²) < 4.78 is 211. The van der Waals surface area contributed by atoms with Crippen LogP contribution in [0.15, 0.2) is 21.9 Å². The third-order valence-electron chi connectivity index (χ3n) is 3.55. The Morgan fingerprint density at radius 1 is 0.647 bits per heavy atom. The number of alkyl halides is 8. The summed E-state index contributed by atoms with van der Waals surface area (Å²) in [6.45, 7) is 0. The number of rotatable bonds is 8. The second-order valence-corrected chi connectivity index (χ2v) is 14.4. The quantitative estimate of drug-likeness (QED) is 0.252. The van der Waals surface area contributed by atoms with Gasteiger partial charge in [0.15, 0.2) is 0 Å². The van der Waals surface area contributed by atoms with Crippen LogP contribution < -0.4 is 0 Å². The summed E-state index contributed by atoms with van der Waals surface area (Å²) in [7, 11) is -25.3. The summed E-state index contributed by atoms with van der Waals surface area (Å²) >= 11 is 10.4. The molecule has 0 aliphatic heterocycles. The molecule has 34 heavy (non-hydrogen) atoms. The van der Waals surface area contributed by atoms with E-state index in [0.29, 0.717) is 0 Å². The number of benzene rings is 1. The minimum Gasteiger partial charge on any atom is -0.281 e. The maximum Gasteiger partial charge on any atom is 0.447 e. The van der Waals surface area contributed by atoms with Crippen LogP contribution in [-0.4, -0.2) is 59.2 Å². The highest BCUT2D eigenvalue weighted by Crippen LogP contribution is 2.52. The molecule has 0 atom stereocenters. The van der Waals surface area contributed by atoms with Gasteiger partial charge in [0.25, 0.3) is 19.7 Å². The molecule has 24 heteroatoms. The van der Waals surface area contributed by atoms with Gasteiger partial charge in [-0.25, -0.2) is 25.3 Å².